The predicted octanol–water partition coefficient (Wildman–Crippen LogP) is 3.21. The molecule has 1 amide bonds. The molecular formula is C15H18ClNO4. The number of nitrogens with one attached hydrogen (secondary N) is 1. The summed E-state index contributed by atoms with van der Waals surface area (Å²) in [7, 11) is 0. The Morgan fingerprint density at radius 2 is 2.10 bits per heavy atom. The molecule has 114 valence electrons. The highest BCUT2D eigenvalue weighted by atomic mass is 35.5. The van der Waals surface area contributed by atoms with E-state index in [4.69, 9.17) is 21.4 Å². The maximum atomic E-state index is 11.8. The summed E-state index contributed by atoms with van der Waals surface area (Å²) in [4.78, 5) is 22.9. The minimum absolute atomic E-state index is 0.108. The molecule has 2 rings (SSSR count). The van der Waals surface area contributed by atoms with Gasteiger partial charge in [-0.15, -0.1) is 0 Å². The van der Waals surface area contributed by atoms with Gasteiger partial charge in [0.1, 0.15) is 6.61 Å². The number of aliphatic carboxylic acids is 1. The van der Waals surface area contributed by atoms with Crippen LogP contribution in [0.25, 0.3) is 0 Å². The van der Waals surface area contributed by atoms with Gasteiger partial charge in [0, 0.05) is 11.1 Å². The highest BCUT2D eigenvalue weighted by molar-refractivity contribution is 6.30. The molecule has 21 heavy (non-hydrogen) atoms. The van der Waals surface area contributed by atoms with Crippen molar-refractivity contribution in [2.24, 2.45) is 5.92 Å². The first-order valence-corrected chi connectivity index (χ1v) is 7.34. The number of benzene rings is 1. The average Bonchev–Trinajstić information content (AvgIpc) is 2.45. The number of ether oxygens (including phenoxy) is 1. The van der Waals surface area contributed by atoms with E-state index in [-0.39, 0.29) is 12.6 Å². The topological polar surface area (TPSA) is 75.6 Å². The molecule has 1 aliphatic rings. The number of carboxylic acid groups (broad SMARTS) is 1. The minimum atomic E-state index is -0.866. The van der Waals surface area contributed by atoms with E-state index in [0.717, 1.165) is 18.4 Å². The molecule has 0 radical (unpaired) electrons. The molecule has 2 N–H and O–H groups in total. The first-order valence-electron chi connectivity index (χ1n) is 6.97. The lowest BCUT2D eigenvalue weighted by molar-refractivity contribution is -0.143. The number of hydrogen-bond acceptors (Lipinski definition) is 3. The molecule has 6 heteroatoms. The van der Waals surface area contributed by atoms with Crippen LogP contribution in [-0.4, -0.2) is 23.2 Å². The quantitative estimate of drug-likeness (QED) is 0.895. The Morgan fingerprint density at radius 1 is 1.33 bits per heavy atom. The molecule has 0 aromatic heterocycles. The standard InChI is InChI=1S/C15H18ClNO4/c16-11-5-3-4-10(8-11)9-21-15(20)17-13-7-2-1-6-12(13)14(18)19/h3-5,8,12-13H,1-2,6-7,9H2,(H,17,20)(H,18,19)/t12-,13-/m1/s1. The number of hydrogen-bond donors (Lipinski definition) is 2. The van der Waals surface area contributed by atoms with Crippen LogP contribution in [0.2, 0.25) is 5.02 Å². The van der Waals surface area contributed by atoms with Crippen molar-refractivity contribution < 1.29 is 19.4 Å². The highest BCUT2D eigenvalue weighted by Gasteiger charge is 2.32. The summed E-state index contributed by atoms with van der Waals surface area (Å²) in [5.74, 6) is -1.40. The van der Waals surface area contributed by atoms with Gasteiger partial charge in [-0.1, -0.05) is 36.6 Å². The van der Waals surface area contributed by atoms with Crippen molar-refractivity contribution in [2.45, 2.75) is 38.3 Å². The second-order valence-electron chi connectivity index (χ2n) is 5.19. The zero-order chi connectivity index (χ0) is 15.2. The number of carboxylic acids is 1. The summed E-state index contributed by atoms with van der Waals surface area (Å²) in [5.41, 5.74) is 0.788. The Kier molecular flexibility index (Phi) is 5.44. The number of amides is 1. The molecule has 1 aromatic rings. The Labute approximate surface area is 128 Å². The smallest absolute Gasteiger partial charge is 0.407 e. The van der Waals surface area contributed by atoms with Crippen molar-refractivity contribution in [3.8, 4) is 0 Å². The van der Waals surface area contributed by atoms with E-state index in [0.29, 0.717) is 17.9 Å². The summed E-state index contributed by atoms with van der Waals surface area (Å²) < 4.78 is 5.11. The average molecular weight is 312 g/mol. The third kappa shape index (κ3) is 4.63. The molecule has 0 aliphatic heterocycles. The van der Waals surface area contributed by atoms with Crippen molar-refractivity contribution in [3.05, 3.63) is 34.9 Å². The van der Waals surface area contributed by atoms with Gasteiger partial charge in [-0.05, 0) is 30.5 Å². The van der Waals surface area contributed by atoms with Crippen molar-refractivity contribution in [3.63, 3.8) is 0 Å². The molecule has 5 nitrogen and oxygen atoms in total. The van der Waals surface area contributed by atoms with Gasteiger partial charge in [0.2, 0.25) is 0 Å². The summed E-state index contributed by atoms with van der Waals surface area (Å²) >= 11 is 5.85. The maximum Gasteiger partial charge on any atom is 0.407 e. The van der Waals surface area contributed by atoms with Crippen LogP contribution >= 0.6 is 11.6 Å². The van der Waals surface area contributed by atoms with Crippen molar-refractivity contribution >= 4 is 23.7 Å². The zero-order valence-electron chi connectivity index (χ0n) is 11.5. The molecule has 1 aromatic carbocycles. The molecule has 1 saturated carbocycles. The lowest BCUT2D eigenvalue weighted by Gasteiger charge is -2.28. The number of rotatable bonds is 4. The number of carbonyl (C=O) groups is 2. The van der Waals surface area contributed by atoms with Crippen LogP contribution < -0.4 is 5.32 Å². The van der Waals surface area contributed by atoms with Gasteiger partial charge < -0.3 is 15.2 Å². The second-order valence-corrected chi connectivity index (χ2v) is 5.62. The maximum absolute atomic E-state index is 11.8. The first kappa shape index (κ1) is 15.6. The molecule has 0 unspecified atom stereocenters. The molecular weight excluding hydrogens is 294 g/mol. The van der Waals surface area contributed by atoms with E-state index in [1.807, 2.05) is 0 Å². The fourth-order valence-electron chi connectivity index (χ4n) is 2.57. The van der Waals surface area contributed by atoms with Crippen LogP contribution in [-0.2, 0) is 16.1 Å². The lowest BCUT2D eigenvalue weighted by Crippen LogP contribution is -2.45. The van der Waals surface area contributed by atoms with Gasteiger partial charge in [-0.2, -0.15) is 0 Å². The summed E-state index contributed by atoms with van der Waals surface area (Å²) in [6, 6.07) is 6.68. The fraction of sp³-hybridized carbons (Fsp3) is 0.467. The van der Waals surface area contributed by atoms with E-state index in [9.17, 15) is 9.59 Å². The van der Waals surface area contributed by atoms with E-state index >= 15 is 0 Å². The van der Waals surface area contributed by atoms with Crippen molar-refractivity contribution in [2.75, 3.05) is 0 Å². The monoisotopic (exact) mass is 311 g/mol. The van der Waals surface area contributed by atoms with Gasteiger partial charge in [0.05, 0.1) is 5.92 Å². The van der Waals surface area contributed by atoms with E-state index in [1.165, 1.54) is 0 Å². The van der Waals surface area contributed by atoms with Gasteiger partial charge >= 0.3 is 12.1 Å². The largest absolute Gasteiger partial charge is 0.481 e. The number of carbonyl (C=O) groups excluding carboxylic acids is 1. The van der Waals surface area contributed by atoms with Crippen LogP contribution in [0.15, 0.2) is 24.3 Å². The predicted molar refractivity (Wildman–Crippen MR) is 78.2 cm³/mol. The highest BCUT2D eigenvalue weighted by Crippen LogP contribution is 2.24. The lowest BCUT2D eigenvalue weighted by atomic mass is 9.85. The van der Waals surface area contributed by atoms with Crippen molar-refractivity contribution in [1.29, 1.82) is 0 Å². The third-order valence-corrected chi connectivity index (χ3v) is 3.88. The second kappa shape index (κ2) is 7.31. The molecule has 1 aliphatic carbocycles. The van der Waals surface area contributed by atoms with Crippen LogP contribution in [0.3, 0.4) is 0 Å². The number of halogens is 1. The van der Waals surface area contributed by atoms with Gasteiger partial charge in [-0.3, -0.25) is 4.79 Å². The minimum Gasteiger partial charge on any atom is -0.481 e. The molecule has 0 bridgehead atoms. The van der Waals surface area contributed by atoms with Crippen molar-refractivity contribution in [1.82, 2.24) is 5.32 Å². The van der Waals surface area contributed by atoms with Crippen LogP contribution in [0.5, 0.6) is 0 Å². The molecule has 1 fully saturated rings. The Hall–Kier alpha value is -1.75. The van der Waals surface area contributed by atoms with E-state index < -0.39 is 18.0 Å². The summed E-state index contributed by atoms with van der Waals surface area (Å²) in [6.45, 7) is 0.108. The SMILES string of the molecule is O=C(N[C@@H]1CCCC[C@H]1C(=O)O)OCc1cccc(Cl)c1. The van der Waals surface area contributed by atoms with Crippen LogP contribution in [0.1, 0.15) is 31.2 Å². The Balaban J connectivity index is 1.84. The van der Waals surface area contributed by atoms with Gasteiger partial charge in [0.15, 0.2) is 0 Å². The number of alkyl carbamates (subject to hydrolysis) is 1. The molecule has 0 saturated heterocycles. The first-order chi connectivity index (χ1) is 10.1. The third-order valence-electron chi connectivity index (χ3n) is 3.65. The Morgan fingerprint density at radius 3 is 2.81 bits per heavy atom. The zero-order valence-corrected chi connectivity index (χ0v) is 12.3. The fourth-order valence-corrected chi connectivity index (χ4v) is 2.78. The normalized spacial score (nSPS) is 21.6. The Bertz CT molecular complexity index is 520. The van der Waals surface area contributed by atoms with E-state index in [2.05, 4.69) is 5.32 Å². The van der Waals surface area contributed by atoms with E-state index in [1.54, 1.807) is 24.3 Å². The molecule has 2 atom stereocenters. The molecule has 0 spiro atoms. The van der Waals surface area contributed by atoms with Crippen LogP contribution in [0.4, 0.5) is 4.79 Å². The van der Waals surface area contributed by atoms with Gasteiger partial charge in [0.25, 0.3) is 0 Å². The van der Waals surface area contributed by atoms with Gasteiger partial charge in [-0.25, -0.2) is 4.79 Å². The summed E-state index contributed by atoms with van der Waals surface area (Å²) in [6.07, 6.45) is 2.47. The molecule has 0 heterocycles. The van der Waals surface area contributed by atoms with Crippen LogP contribution in [0, 0.1) is 5.92 Å². The summed E-state index contributed by atoms with van der Waals surface area (Å²) in [5, 5.41) is 12.4.